The van der Waals surface area contributed by atoms with Gasteiger partial charge in [-0.05, 0) is 71.1 Å². The maximum absolute atomic E-state index is 8.77. The highest BCUT2D eigenvalue weighted by molar-refractivity contribution is 6.21. The minimum atomic E-state index is 0.313. The molecule has 2 heterocycles. The van der Waals surface area contributed by atoms with Crippen molar-refractivity contribution in [2.75, 3.05) is 0 Å². The number of allylic oxidation sites excluding steroid dienone is 1. The summed E-state index contributed by atoms with van der Waals surface area (Å²) in [5.74, 6) is 0. The van der Waals surface area contributed by atoms with Crippen LogP contribution in [0.3, 0.4) is 0 Å². The van der Waals surface area contributed by atoms with Gasteiger partial charge < -0.3 is 20.0 Å². The molecule has 3 N–H and O–H groups in total. The summed E-state index contributed by atoms with van der Waals surface area (Å²) in [5, 5.41) is 12.7. The molecule has 0 unspecified atom stereocenters. The summed E-state index contributed by atoms with van der Waals surface area (Å²) in [6.45, 7) is 2.08. The first-order valence-electron chi connectivity index (χ1n) is 16.6. The lowest BCUT2D eigenvalue weighted by Gasteiger charge is -2.06. The molecule has 2 aromatic heterocycles. The van der Waals surface area contributed by atoms with Crippen molar-refractivity contribution in [1.29, 1.82) is 5.41 Å². The Morgan fingerprint density at radius 1 is 0.500 bits per heavy atom. The first-order valence-corrected chi connectivity index (χ1v) is 16.6. The van der Waals surface area contributed by atoms with E-state index in [-0.39, 0.29) is 0 Å². The van der Waals surface area contributed by atoms with Crippen molar-refractivity contribution in [2.45, 2.75) is 6.92 Å². The third-order valence-corrected chi connectivity index (χ3v) is 9.02. The number of furan rings is 2. The zero-order valence-corrected chi connectivity index (χ0v) is 27.6. The molecule has 0 atom stereocenters. The molecule has 50 heavy (non-hydrogen) atoms. The summed E-state index contributed by atoms with van der Waals surface area (Å²) < 4.78 is 13.1. The number of hydrogen-bond acceptors (Lipinski definition) is 4. The Hall–Kier alpha value is -6.65. The number of rotatable bonds is 5. The molecular weight excluding hydrogens is 613 g/mol. The molecule has 0 aliphatic heterocycles. The second-order valence-electron chi connectivity index (χ2n) is 12.4. The standard InChI is InChI=1S/C39H26N2O2.C7H8/c40-33(26-14-8-3-9-15-26)23-34(41)37-38-31(29-20-27(16-18-35(29)42-38)24-10-4-1-5-11-24)22-32-30-21-28(25-12-6-2-7-13-25)17-19-36(30)43-39(32)37;1-7-5-3-2-4-6-7/h1-23,40H,41H2;2-6H,1H3/b34-23-,40-33?;. The van der Waals surface area contributed by atoms with E-state index in [2.05, 4.69) is 73.7 Å². The maximum atomic E-state index is 8.77. The molecule has 7 aromatic carbocycles. The fourth-order valence-corrected chi connectivity index (χ4v) is 6.48. The smallest absolute Gasteiger partial charge is 0.148 e. The number of benzene rings is 7. The lowest BCUT2D eigenvalue weighted by molar-refractivity contribution is 0.654. The zero-order chi connectivity index (χ0) is 34.0. The minimum Gasteiger partial charge on any atom is -0.455 e. The predicted molar refractivity (Wildman–Crippen MR) is 208 cm³/mol. The van der Waals surface area contributed by atoms with Crippen molar-refractivity contribution < 1.29 is 8.83 Å². The lowest BCUT2D eigenvalue weighted by atomic mass is 9.98. The lowest BCUT2D eigenvalue weighted by Crippen LogP contribution is -2.03. The van der Waals surface area contributed by atoms with Gasteiger partial charge in [-0.1, -0.05) is 139 Å². The van der Waals surface area contributed by atoms with E-state index in [1.54, 1.807) is 6.08 Å². The first-order chi connectivity index (χ1) is 24.5. The Morgan fingerprint density at radius 3 is 1.38 bits per heavy atom. The molecule has 0 fully saturated rings. The zero-order valence-electron chi connectivity index (χ0n) is 27.6. The van der Waals surface area contributed by atoms with Gasteiger partial charge in [-0.2, -0.15) is 0 Å². The van der Waals surface area contributed by atoms with Gasteiger partial charge in [-0.25, -0.2) is 0 Å². The number of nitrogens with two attached hydrogens (primary N) is 1. The molecule has 0 aliphatic carbocycles. The molecule has 240 valence electrons. The normalized spacial score (nSPS) is 11.6. The second-order valence-corrected chi connectivity index (χ2v) is 12.4. The van der Waals surface area contributed by atoms with Crippen LogP contribution in [-0.2, 0) is 0 Å². The molecule has 0 spiro atoms. The summed E-state index contributed by atoms with van der Waals surface area (Å²) in [6.07, 6.45) is 1.69. The van der Waals surface area contributed by atoms with E-state index in [1.165, 1.54) is 5.56 Å². The van der Waals surface area contributed by atoms with Gasteiger partial charge >= 0.3 is 0 Å². The monoisotopic (exact) mass is 646 g/mol. The van der Waals surface area contributed by atoms with E-state index in [1.807, 2.05) is 97.1 Å². The van der Waals surface area contributed by atoms with E-state index in [0.29, 0.717) is 28.1 Å². The van der Waals surface area contributed by atoms with Gasteiger partial charge in [0.1, 0.15) is 22.3 Å². The van der Waals surface area contributed by atoms with Gasteiger partial charge in [-0.15, -0.1) is 0 Å². The molecule has 0 saturated heterocycles. The van der Waals surface area contributed by atoms with Crippen LogP contribution >= 0.6 is 0 Å². The number of fused-ring (bicyclic) bond motifs is 6. The topological polar surface area (TPSA) is 76.2 Å². The number of hydrogen-bond donors (Lipinski definition) is 2. The SMILES string of the molecule is Cc1ccccc1.N=C(/C=C(\N)c1c2oc3ccc(-c4ccccc4)cc3c2cc2c1oc1ccc(-c3ccccc3)cc12)c1ccccc1. The number of nitrogens with one attached hydrogen (secondary N) is 1. The average molecular weight is 647 g/mol. The van der Waals surface area contributed by atoms with Crippen LogP contribution in [0, 0.1) is 12.3 Å². The molecule has 0 bridgehead atoms. The predicted octanol–water partition coefficient (Wildman–Crippen LogP) is 12.2. The highest BCUT2D eigenvalue weighted by atomic mass is 16.3. The molecule has 9 aromatic rings. The average Bonchev–Trinajstić information content (AvgIpc) is 3.72. The molecular formula is C46H34N2O2. The van der Waals surface area contributed by atoms with Crippen molar-refractivity contribution in [3.8, 4) is 22.3 Å². The van der Waals surface area contributed by atoms with Crippen LogP contribution in [0.1, 0.15) is 16.7 Å². The van der Waals surface area contributed by atoms with Gasteiger partial charge in [0.25, 0.3) is 0 Å². The summed E-state index contributed by atoms with van der Waals surface area (Å²) in [4.78, 5) is 0. The van der Waals surface area contributed by atoms with Crippen molar-refractivity contribution >= 4 is 55.3 Å². The highest BCUT2D eigenvalue weighted by Crippen LogP contribution is 2.43. The van der Waals surface area contributed by atoms with Gasteiger partial charge in [0.05, 0.1) is 11.3 Å². The minimum absolute atomic E-state index is 0.313. The summed E-state index contributed by atoms with van der Waals surface area (Å²) in [6, 6.07) is 55.2. The highest BCUT2D eigenvalue weighted by Gasteiger charge is 2.22. The van der Waals surface area contributed by atoms with E-state index in [4.69, 9.17) is 20.0 Å². The first kappa shape index (κ1) is 30.7. The molecule has 4 nitrogen and oxygen atoms in total. The van der Waals surface area contributed by atoms with Gasteiger partial charge in [0.15, 0.2) is 0 Å². The third kappa shape index (κ3) is 5.84. The van der Waals surface area contributed by atoms with Crippen LogP contribution in [0.4, 0.5) is 0 Å². The maximum Gasteiger partial charge on any atom is 0.148 e. The van der Waals surface area contributed by atoms with Crippen molar-refractivity contribution in [3.63, 3.8) is 0 Å². The summed E-state index contributed by atoms with van der Waals surface area (Å²) in [7, 11) is 0. The van der Waals surface area contributed by atoms with Crippen LogP contribution in [0.2, 0.25) is 0 Å². The summed E-state index contributed by atoms with van der Waals surface area (Å²) in [5.41, 5.74) is 17.6. The van der Waals surface area contributed by atoms with Crippen LogP contribution in [0.15, 0.2) is 179 Å². The molecule has 4 heteroatoms. The van der Waals surface area contributed by atoms with Gasteiger partial charge in [0, 0.05) is 27.2 Å². The second kappa shape index (κ2) is 13.1. The fraction of sp³-hybridized carbons (Fsp3) is 0.0217. The number of aryl methyl sites for hydroxylation is 1. The van der Waals surface area contributed by atoms with Crippen LogP contribution in [0.5, 0.6) is 0 Å². The molecule has 0 aliphatic rings. The van der Waals surface area contributed by atoms with Crippen LogP contribution in [-0.4, -0.2) is 5.71 Å². The Labute approximate surface area is 290 Å². The molecule has 0 amide bonds. The van der Waals surface area contributed by atoms with E-state index in [0.717, 1.165) is 60.5 Å². The van der Waals surface area contributed by atoms with Gasteiger partial charge in [-0.3, -0.25) is 0 Å². The Morgan fingerprint density at radius 2 is 0.940 bits per heavy atom. The molecule has 9 rings (SSSR count). The quantitative estimate of drug-likeness (QED) is 0.183. The largest absolute Gasteiger partial charge is 0.455 e. The Bertz CT molecular complexity index is 2520. The van der Waals surface area contributed by atoms with Crippen molar-refractivity contribution in [2.24, 2.45) is 5.73 Å². The van der Waals surface area contributed by atoms with E-state index in [9.17, 15) is 0 Å². The van der Waals surface area contributed by atoms with Crippen LogP contribution < -0.4 is 5.73 Å². The summed E-state index contributed by atoms with van der Waals surface area (Å²) >= 11 is 0. The molecule has 0 saturated carbocycles. The van der Waals surface area contributed by atoms with E-state index >= 15 is 0 Å². The van der Waals surface area contributed by atoms with Crippen LogP contribution in [0.25, 0.3) is 71.8 Å². The van der Waals surface area contributed by atoms with E-state index < -0.39 is 0 Å². The molecule has 0 radical (unpaired) electrons. The third-order valence-electron chi connectivity index (χ3n) is 9.02. The Kier molecular flexibility index (Phi) is 8.03. The Balaban J connectivity index is 0.000000463. The van der Waals surface area contributed by atoms with Gasteiger partial charge in [0.2, 0.25) is 0 Å². The van der Waals surface area contributed by atoms with Crippen molar-refractivity contribution in [1.82, 2.24) is 0 Å². The fourth-order valence-electron chi connectivity index (χ4n) is 6.48. The van der Waals surface area contributed by atoms with Crippen molar-refractivity contribution in [3.05, 3.63) is 187 Å².